The molecule has 2 unspecified atom stereocenters. The van der Waals surface area contributed by atoms with Crippen LogP contribution in [0.2, 0.25) is 0 Å². The highest BCUT2D eigenvalue weighted by atomic mass is 16.5. The average Bonchev–Trinajstić information content (AvgIpc) is 2.22. The first-order valence-electron chi connectivity index (χ1n) is 6.72. The molecule has 0 aromatic carbocycles. The summed E-state index contributed by atoms with van der Waals surface area (Å²) in [4.78, 5) is 2.55. The van der Waals surface area contributed by atoms with Gasteiger partial charge in [0, 0.05) is 31.7 Å². The number of piperazine rings is 1. The Morgan fingerprint density at radius 3 is 2.81 bits per heavy atom. The lowest BCUT2D eigenvalue weighted by molar-refractivity contribution is 0.0390. The van der Waals surface area contributed by atoms with Crippen molar-refractivity contribution in [2.45, 2.75) is 58.7 Å². The maximum absolute atomic E-state index is 5.63. The predicted octanol–water partition coefficient (Wildman–Crippen LogP) is 1.87. The van der Waals surface area contributed by atoms with E-state index in [1.54, 1.807) is 0 Å². The largest absolute Gasteiger partial charge is 0.377 e. The smallest absolute Gasteiger partial charge is 0.0597 e. The van der Waals surface area contributed by atoms with E-state index in [0.717, 1.165) is 19.7 Å². The van der Waals surface area contributed by atoms with Crippen molar-refractivity contribution in [1.29, 1.82) is 0 Å². The molecule has 0 aromatic heterocycles. The molecule has 1 rings (SSSR count). The van der Waals surface area contributed by atoms with Crippen molar-refractivity contribution in [3.63, 3.8) is 0 Å². The van der Waals surface area contributed by atoms with Crippen LogP contribution in [0.4, 0.5) is 0 Å². The summed E-state index contributed by atoms with van der Waals surface area (Å²) in [7, 11) is 0. The highest BCUT2D eigenvalue weighted by molar-refractivity contribution is 4.83. The highest BCUT2D eigenvalue weighted by Gasteiger charge is 2.23. The first-order valence-corrected chi connectivity index (χ1v) is 6.72. The van der Waals surface area contributed by atoms with Crippen molar-refractivity contribution in [2.24, 2.45) is 0 Å². The fourth-order valence-electron chi connectivity index (χ4n) is 2.25. The van der Waals surface area contributed by atoms with Crippen molar-refractivity contribution >= 4 is 0 Å². The van der Waals surface area contributed by atoms with Gasteiger partial charge in [0.15, 0.2) is 0 Å². The Hall–Kier alpha value is -0.120. The van der Waals surface area contributed by atoms with Gasteiger partial charge in [-0.25, -0.2) is 0 Å². The molecule has 1 fully saturated rings. The minimum Gasteiger partial charge on any atom is -0.377 e. The van der Waals surface area contributed by atoms with Crippen LogP contribution in [-0.2, 0) is 4.74 Å². The molecule has 2 atom stereocenters. The molecule has 1 heterocycles. The molecule has 96 valence electrons. The molecule has 1 aliphatic rings. The van der Waals surface area contributed by atoms with E-state index in [2.05, 4.69) is 37.9 Å². The Bertz CT molecular complexity index is 185. The summed E-state index contributed by atoms with van der Waals surface area (Å²) in [6.07, 6.45) is 2.90. The van der Waals surface area contributed by atoms with Gasteiger partial charge in [0.25, 0.3) is 0 Å². The Morgan fingerprint density at radius 1 is 1.44 bits per heavy atom. The van der Waals surface area contributed by atoms with Gasteiger partial charge in [0.05, 0.1) is 12.7 Å². The zero-order valence-corrected chi connectivity index (χ0v) is 11.3. The van der Waals surface area contributed by atoms with Crippen LogP contribution >= 0.6 is 0 Å². The standard InChI is InChI=1S/C13H28N2O/c1-5-6-13-10-15(12(4)9-14-13)7-8-16-11(2)3/h11-14H,5-10H2,1-4H3. The summed E-state index contributed by atoms with van der Waals surface area (Å²) in [6.45, 7) is 13.0. The predicted molar refractivity (Wildman–Crippen MR) is 68.8 cm³/mol. The van der Waals surface area contributed by atoms with Gasteiger partial charge in [-0.05, 0) is 27.2 Å². The number of ether oxygens (including phenoxy) is 1. The van der Waals surface area contributed by atoms with Crippen LogP contribution in [0.3, 0.4) is 0 Å². The van der Waals surface area contributed by atoms with Gasteiger partial charge < -0.3 is 10.1 Å². The maximum Gasteiger partial charge on any atom is 0.0597 e. The summed E-state index contributed by atoms with van der Waals surface area (Å²) in [5, 5.41) is 3.62. The maximum atomic E-state index is 5.63. The Morgan fingerprint density at radius 2 is 2.19 bits per heavy atom. The van der Waals surface area contributed by atoms with Crippen LogP contribution in [0.15, 0.2) is 0 Å². The van der Waals surface area contributed by atoms with Gasteiger partial charge in [-0.1, -0.05) is 13.3 Å². The molecule has 1 aliphatic heterocycles. The average molecular weight is 228 g/mol. The van der Waals surface area contributed by atoms with E-state index in [0.29, 0.717) is 18.2 Å². The minimum atomic E-state index is 0.352. The van der Waals surface area contributed by atoms with E-state index < -0.39 is 0 Å². The number of nitrogens with zero attached hydrogens (tertiary/aromatic N) is 1. The van der Waals surface area contributed by atoms with Crippen LogP contribution in [0, 0.1) is 0 Å². The van der Waals surface area contributed by atoms with E-state index >= 15 is 0 Å². The topological polar surface area (TPSA) is 24.5 Å². The van der Waals surface area contributed by atoms with E-state index in [-0.39, 0.29) is 0 Å². The lowest BCUT2D eigenvalue weighted by Gasteiger charge is -2.38. The Labute approximate surface area is 101 Å². The highest BCUT2D eigenvalue weighted by Crippen LogP contribution is 2.10. The molecule has 1 saturated heterocycles. The Balaban J connectivity index is 2.26. The minimum absolute atomic E-state index is 0.352. The number of hydrogen-bond acceptors (Lipinski definition) is 3. The summed E-state index contributed by atoms with van der Waals surface area (Å²) in [6, 6.07) is 1.32. The first-order chi connectivity index (χ1) is 7.63. The Kier molecular flexibility index (Phi) is 6.32. The van der Waals surface area contributed by atoms with Crippen LogP contribution < -0.4 is 5.32 Å². The summed E-state index contributed by atoms with van der Waals surface area (Å²) in [5.74, 6) is 0. The van der Waals surface area contributed by atoms with Crippen LogP contribution in [0.25, 0.3) is 0 Å². The van der Waals surface area contributed by atoms with Crippen molar-refractivity contribution in [3.8, 4) is 0 Å². The van der Waals surface area contributed by atoms with Crippen LogP contribution in [0.1, 0.15) is 40.5 Å². The van der Waals surface area contributed by atoms with Gasteiger partial charge in [-0.2, -0.15) is 0 Å². The van der Waals surface area contributed by atoms with Crippen LogP contribution in [0.5, 0.6) is 0 Å². The van der Waals surface area contributed by atoms with E-state index in [9.17, 15) is 0 Å². The third-order valence-electron chi connectivity index (χ3n) is 3.25. The van der Waals surface area contributed by atoms with E-state index in [1.165, 1.54) is 19.4 Å². The molecule has 1 N–H and O–H groups in total. The van der Waals surface area contributed by atoms with Gasteiger partial charge in [-0.3, -0.25) is 4.90 Å². The summed E-state index contributed by atoms with van der Waals surface area (Å²) < 4.78 is 5.63. The van der Waals surface area contributed by atoms with Crippen molar-refractivity contribution in [2.75, 3.05) is 26.2 Å². The quantitative estimate of drug-likeness (QED) is 0.751. The van der Waals surface area contributed by atoms with E-state index in [1.807, 2.05) is 0 Å². The zero-order chi connectivity index (χ0) is 12.0. The van der Waals surface area contributed by atoms with Gasteiger partial charge in [0.1, 0.15) is 0 Å². The second kappa shape index (κ2) is 7.25. The molecule has 0 radical (unpaired) electrons. The molecule has 0 spiro atoms. The van der Waals surface area contributed by atoms with Gasteiger partial charge in [-0.15, -0.1) is 0 Å². The number of nitrogens with one attached hydrogen (secondary N) is 1. The van der Waals surface area contributed by atoms with Crippen molar-refractivity contribution < 1.29 is 4.74 Å². The second-order valence-electron chi connectivity index (χ2n) is 5.16. The molecule has 0 aliphatic carbocycles. The monoisotopic (exact) mass is 228 g/mol. The normalized spacial score (nSPS) is 27.6. The SMILES string of the molecule is CCCC1CN(CCOC(C)C)C(C)CN1. The van der Waals surface area contributed by atoms with E-state index in [4.69, 9.17) is 4.74 Å². The molecular formula is C13H28N2O. The van der Waals surface area contributed by atoms with Crippen molar-refractivity contribution in [1.82, 2.24) is 10.2 Å². The molecule has 0 amide bonds. The lowest BCUT2D eigenvalue weighted by atomic mass is 10.1. The number of hydrogen-bond donors (Lipinski definition) is 1. The molecule has 0 aromatic rings. The fourth-order valence-corrected chi connectivity index (χ4v) is 2.25. The van der Waals surface area contributed by atoms with Crippen molar-refractivity contribution in [3.05, 3.63) is 0 Å². The zero-order valence-electron chi connectivity index (χ0n) is 11.3. The molecule has 3 nitrogen and oxygen atoms in total. The lowest BCUT2D eigenvalue weighted by Crippen LogP contribution is -2.56. The van der Waals surface area contributed by atoms with Gasteiger partial charge in [0.2, 0.25) is 0 Å². The number of rotatable bonds is 6. The summed E-state index contributed by atoms with van der Waals surface area (Å²) in [5.41, 5.74) is 0. The summed E-state index contributed by atoms with van der Waals surface area (Å²) >= 11 is 0. The molecule has 0 saturated carbocycles. The third kappa shape index (κ3) is 4.81. The van der Waals surface area contributed by atoms with Crippen LogP contribution in [-0.4, -0.2) is 49.3 Å². The molecule has 0 bridgehead atoms. The third-order valence-corrected chi connectivity index (χ3v) is 3.25. The molecular weight excluding hydrogens is 200 g/mol. The first kappa shape index (κ1) is 13.9. The second-order valence-corrected chi connectivity index (χ2v) is 5.16. The van der Waals surface area contributed by atoms with Gasteiger partial charge >= 0.3 is 0 Å². The molecule has 16 heavy (non-hydrogen) atoms. The fraction of sp³-hybridized carbons (Fsp3) is 1.00. The molecule has 3 heteroatoms.